The molecule has 0 spiro atoms. The standard InChI is InChI=1S/C11H22O/c1-9(2)10(3)12-11-7-5-4-6-8-11/h9-11H,4-8H2,1-3H3/t10-/m1/s1. The fraction of sp³-hybridized carbons (Fsp3) is 1.00. The highest BCUT2D eigenvalue weighted by Crippen LogP contribution is 2.22. The monoisotopic (exact) mass is 170 g/mol. The van der Waals surface area contributed by atoms with Gasteiger partial charge in [-0.05, 0) is 25.7 Å². The van der Waals surface area contributed by atoms with E-state index < -0.39 is 0 Å². The first-order valence-electron chi connectivity index (χ1n) is 5.35. The molecule has 1 saturated carbocycles. The van der Waals surface area contributed by atoms with Crippen molar-refractivity contribution in [1.29, 1.82) is 0 Å². The second-order valence-electron chi connectivity index (χ2n) is 4.35. The number of rotatable bonds is 3. The van der Waals surface area contributed by atoms with Gasteiger partial charge in [-0.1, -0.05) is 33.1 Å². The van der Waals surface area contributed by atoms with Crippen molar-refractivity contribution in [3.05, 3.63) is 0 Å². The summed E-state index contributed by atoms with van der Waals surface area (Å²) in [6.07, 6.45) is 7.74. The number of hydrogen-bond acceptors (Lipinski definition) is 1. The van der Waals surface area contributed by atoms with Crippen LogP contribution in [0.25, 0.3) is 0 Å². The van der Waals surface area contributed by atoms with Crippen LogP contribution in [0.1, 0.15) is 52.9 Å². The molecule has 0 saturated heterocycles. The van der Waals surface area contributed by atoms with E-state index in [1.54, 1.807) is 0 Å². The minimum atomic E-state index is 0.438. The summed E-state index contributed by atoms with van der Waals surface area (Å²) in [4.78, 5) is 0. The second kappa shape index (κ2) is 4.86. The van der Waals surface area contributed by atoms with Gasteiger partial charge in [0.15, 0.2) is 0 Å². The van der Waals surface area contributed by atoms with Gasteiger partial charge in [-0.15, -0.1) is 0 Å². The maximum Gasteiger partial charge on any atom is 0.0578 e. The SMILES string of the molecule is CC(C)[C@@H](C)OC1CCCCC1. The van der Waals surface area contributed by atoms with E-state index in [1.807, 2.05) is 0 Å². The van der Waals surface area contributed by atoms with E-state index in [2.05, 4.69) is 20.8 Å². The predicted molar refractivity (Wildman–Crippen MR) is 52.3 cm³/mol. The van der Waals surface area contributed by atoms with Crippen molar-refractivity contribution in [2.24, 2.45) is 5.92 Å². The zero-order valence-electron chi connectivity index (χ0n) is 8.68. The highest BCUT2D eigenvalue weighted by atomic mass is 16.5. The second-order valence-corrected chi connectivity index (χ2v) is 4.35. The predicted octanol–water partition coefficient (Wildman–Crippen LogP) is 3.38. The van der Waals surface area contributed by atoms with Crippen LogP contribution in [0.3, 0.4) is 0 Å². The van der Waals surface area contributed by atoms with E-state index in [-0.39, 0.29) is 0 Å². The molecule has 0 N–H and O–H groups in total. The van der Waals surface area contributed by atoms with Crippen LogP contribution in [0.5, 0.6) is 0 Å². The lowest BCUT2D eigenvalue weighted by Gasteiger charge is -2.27. The summed E-state index contributed by atoms with van der Waals surface area (Å²) in [5, 5.41) is 0. The Balaban J connectivity index is 2.20. The normalized spacial score (nSPS) is 23.0. The Kier molecular flexibility index (Phi) is 4.07. The maximum absolute atomic E-state index is 5.95. The van der Waals surface area contributed by atoms with Gasteiger partial charge in [0.05, 0.1) is 12.2 Å². The van der Waals surface area contributed by atoms with Gasteiger partial charge in [-0.2, -0.15) is 0 Å². The fourth-order valence-corrected chi connectivity index (χ4v) is 1.66. The Morgan fingerprint density at radius 1 is 1.00 bits per heavy atom. The Bertz CT molecular complexity index is 114. The van der Waals surface area contributed by atoms with Crippen molar-refractivity contribution in [3.8, 4) is 0 Å². The molecule has 1 fully saturated rings. The third kappa shape index (κ3) is 3.14. The summed E-state index contributed by atoms with van der Waals surface area (Å²) >= 11 is 0. The zero-order valence-corrected chi connectivity index (χ0v) is 8.68. The lowest BCUT2D eigenvalue weighted by molar-refractivity contribution is -0.0410. The smallest absolute Gasteiger partial charge is 0.0578 e. The minimum Gasteiger partial charge on any atom is -0.375 e. The van der Waals surface area contributed by atoms with E-state index in [4.69, 9.17) is 4.74 Å². The molecule has 0 heterocycles. The molecule has 0 aromatic heterocycles. The van der Waals surface area contributed by atoms with Crippen LogP contribution in [0, 0.1) is 5.92 Å². The average molecular weight is 170 g/mol. The first-order chi connectivity index (χ1) is 5.70. The van der Waals surface area contributed by atoms with Gasteiger partial charge in [-0.3, -0.25) is 0 Å². The zero-order chi connectivity index (χ0) is 8.97. The maximum atomic E-state index is 5.95. The molecule has 1 nitrogen and oxygen atoms in total. The Morgan fingerprint density at radius 3 is 2.08 bits per heavy atom. The Labute approximate surface area is 76.5 Å². The van der Waals surface area contributed by atoms with Gasteiger partial charge in [0.25, 0.3) is 0 Å². The van der Waals surface area contributed by atoms with Crippen molar-refractivity contribution in [1.82, 2.24) is 0 Å². The van der Waals surface area contributed by atoms with Gasteiger partial charge in [-0.25, -0.2) is 0 Å². The summed E-state index contributed by atoms with van der Waals surface area (Å²) in [5.41, 5.74) is 0. The van der Waals surface area contributed by atoms with Gasteiger partial charge >= 0.3 is 0 Å². The molecule has 0 aromatic carbocycles. The summed E-state index contributed by atoms with van der Waals surface area (Å²) in [7, 11) is 0. The Morgan fingerprint density at radius 2 is 1.58 bits per heavy atom. The Hall–Kier alpha value is -0.0400. The lowest BCUT2D eigenvalue weighted by Crippen LogP contribution is -2.25. The van der Waals surface area contributed by atoms with Crippen LogP contribution in [0.2, 0.25) is 0 Å². The van der Waals surface area contributed by atoms with Gasteiger partial charge in [0.2, 0.25) is 0 Å². The van der Waals surface area contributed by atoms with E-state index in [1.165, 1.54) is 32.1 Å². The van der Waals surface area contributed by atoms with E-state index in [0.717, 1.165) is 0 Å². The molecule has 1 atom stereocenters. The molecule has 0 aromatic rings. The molecular formula is C11H22O. The molecule has 0 bridgehead atoms. The van der Waals surface area contributed by atoms with Crippen molar-refractivity contribution in [2.75, 3.05) is 0 Å². The fourth-order valence-electron chi connectivity index (χ4n) is 1.66. The molecule has 1 aliphatic rings. The first-order valence-corrected chi connectivity index (χ1v) is 5.35. The summed E-state index contributed by atoms with van der Waals surface area (Å²) in [6, 6.07) is 0. The van der Waals surface area contributed by atoms with Crippen LogP contribution in [0.4, 0.5) is 0 Å². The van der Waals surface area contributed by atoms with Crippen molar-refractivity contribution in [2.45, 2.75) is 65.1 Å². The summed E-state index contributed by atoms with van der Waals surface area (Å²) in [5.74, 6) is 0.659. The molecule has 0 unspecified atom stereocenters. The summed E-state index contributed by atoms with van der Waals surface area (Å²) in [6.45, 7) is 6.65. The average Bonchev–Trinajstić information content (AvgIpc) is 2.06. The van der Waals surface area contributed by atoms with E-state index >= 15 is 0 Å². The van der Waals surface area contributed by atoms with Crippen LogP contribution in [0.15, 0.2) is 0 Å². The van der Waals surface area contributed by atoms with Crippen molar-refractivity contribution < 1.29 is 4.74 Å². The molecule has 72 valence electrons. The van der Waals surface area contributed by atoms with Crippen LogP contribution in [-0.2, 0) is 4.74 Å². The van der Waals surface area contributed by atoms with Gasteiger partial charge in [0.1, 0.15) is 0 Å². The molecule has 1 rings (SSSR count). The largest absolute Gasteiger partial charge is 0.375 e. The minimum absolute atomic E-state index is 0.438. The molecular weight excluding hydrogens is 148 g/mol. The highest BCUT2D eigenvalue weighted by molar-refractivity contribution is 4.67. The first kappa shape index (κ1) is 10.0. The van der Waals surface area contributed by atoms with Crippen molar-refractivity contribution >= 4 is 0 Å². The van der Waals surface area contributed by atoms with Crippen LogP contribution < -0.4 is 0 Å². The number of ether oxygens (including phenoxy) is 1. The number of hydrogen-bond donors (Lipinski definition) is 0. The molecule has 12 heavy (non-hydrogen) atoms. The van der Waals surface area contributed by atoms with Gasteiger partial charge < -0.3 is 4.74 Å². The van der Waals surface area contributed by atoms with E-state index in [9.17, 15) is 0 Å². The van der Waals surface area contributed by atoms with Gasteiger partial charge in [0, 0.05) is 0 Å². The van der Waals surface area contributed by atoms with E-state index in [0.29, 0.717) is 18.1 Å². The lowest BCUT2D eigenvalue weighted by atomic mass is 9.97. The topological polar surface area (TPSA) is 9.23 Å². The van der Waals surface area contributed by atoms with Crippen LogP contribution in [-0.4, -0.2) is 12.2 Å². The molecule has 0 aliphatic heterocycles. The quantitative estimate of drug-likeness (QED) is 0.631. The molecule has 1 heteroatoms. The van der Waals surface area contributed by atoms with Crippen molar-refractivity contribution in [3.63, 3.8) is 0 Å². The summed E-state index contributed by atoms with van der Waals surface area (Å²) < 4.78 is 5.95. The third-order valence-corrected chi connectivity index (χ3v) is 2.90. The molecule has 0 amide bonds. The molecule has 0 radical (unpaired) electrons. The van der Waals surface area contributed by atoms with Crippen LogP contribution >= 0.6 is 0 Å². The highest BCUT2D eigenvalue weighted by Gasteiger charge is 2.17. The third-order valence-electron chi connectivity index (χ3n) is 2.90. The molecule has 1 aliphatic carbocycles.